The van der Waals surface area contributed by atoms with Gasteiger partial charge in [-0.3, -0.25) is 0 Å². The minimum Gasteiger partial charge on any atom is -0.151 e. The molecule has 0 aliphatic heterocycles. The fraction of sp³-hybridized carbons (Fsp3) is 0.250. The van der Waals surface area contributed by atoms with Gasteiger partial charge in [-0.1, -0.05) is 18.8 Å². The number of thiophene rings is 1. The molecule has 1 heteroatoms. The largest absolute Gasteiger partial charge is 0.151 e. The molecule has 0 spiro atoms. The van der Waals surface area contributed by atoms with Crippen LogP contribution in [0.25, 0.3) is 0 Å². The highest BCUT2D eigenvalue weighted by Crippen LogP contribution is 2.02. The van der Waals surface area contributed by atoms with Gasteiger partial charge in [0.2, 0.25) is 0 Å². The zero-order valence-corrected chi connectivity index (χ0v) is 6.16. The van der Waals surface area contributed by atoms with Gasteiger partial charge in [-0.15, -0.1) is 0 Å². The lowest BCUT2D eigenvalue weighted by Crippen LogP contribution is -1.60. The molecular weight excluding hydrogens is 128 g/mol. The average molecular weight is 136 g/mol. The van der Waals surface area contributed by atoms with E-state index in [1.807, 2.05) is 11.4 Å². The van der Waals surface area contributed by atoms with E-state index in [9.17, 15) is 0 Å². The standard InChI is InChI=1S/C8H8S/c1-2-3-4-8-5-6-9-7-8/h5-7H,2H2,1H3. The van der Waals surface area contributed by atoms with Crippen LogP contribution in [0, 0.1) is 11.8 Å². The normalized spacial score (nSPS) is 8.11. The molecule has 9 heavy (non-hydrogen) atoms. The van der Waals surface area contributed by atoms with Gasteiger partial charge in [-0.05, 0) is 11.4 Å². The van der Waals surface area contributed by atoms with Crippen LogP contribution >= 0.6 is 11.3 Å². The minimum atomic E-state index is 0.940. The van der Waals surface area contributed by atoms with Crippen LogP contribution in [-0.4, -0.2) is 0 Å². The molecule has 0 nitrogen and oxygen atoms in total. The van der Waals surface area contributed by atoms with Crippen LogP contribution in [-0.2, 0) is 0 Å². The van der Waals surface area contributed by atoms with Crippen molar-refractivity contribution in [3.05, 3.63) is 22.4 Å². The van der Waals surface area contributed by atoms with Gasteiger partial charge in [-0.2, -0.15) is 11.3 Å². The fourth-order valence-corrected chi connectivity index (χ4v) is 1.11. The molecule has 0 fully saturated rings. The van der Waals surface area contributed by atoms with Gasteiger partial charge in [0.1, 0.15) is 0 Å². The van der Waals surface area contributed by atoms with Crippen molar-refractivity contribution < 1.29 is 0 Å². The lowest BCUT2D eigenvalue weighted by Gasteiger charge is -1.72. The lowest BCUT2D eigenvalue weighted by molar-refractivity contribution is 1.28. The summed E-state index contributed by atoms with van der Waals surface area (Å²) in [6.07, 6.45) is 0.940. The van der Waals surface area contributed by atoms with Crippen LogP contribution in [0.1, 0.15) is 18.9 Å². The Kier molecular flexibility index (Phi) is 2.35. The maximum absolute atomic E-state index is 3.03. The molecule has 0 saturated heterocycles. The maximum atomic E-state index is 3.03. The second kappa shape index (κ2) is 3.32. The Bertz CT molecular complexity index is 210. The summed E-state index contributed by atoms with van der Waals surface area (Å²) in [4.78, 5) is 0. The zero-order valence-electron chi connectivity index (χ0n) is 5.35. The summed E-state index contributed by atoms with van der Waals surface area (Å²) >= 11 is 1.69. The number of hydrogen-bond acceptors (Lipinski definition) is 1. The molecule has 0 unspecified atom stereocenters. The van der Waals surface area contributed by atoms with Gasteiger partial charge in [0, 0.05) is 17.4 Å². The molecule has 46 valence electrons. The Morgan fingerprint density at radius 3 is 3.11 bits per heavy atom. The maximum Gasteiger partial charge on any atom is 0.0352 e. The smallest absolute Gasteiger partial charge is 0.0352 e. The highest BCUT2D eigenvalue weighted by atomic mass is 32.1. The van der Waals surface area contributed by atoms with Crippen molar-refractivity contribution >= 4 is 11.3 Å². The van der Waals surface area contributed by atoms with Gasteiger partial charge in [-0.25, -0.2) is 0 Å². The zero-order chi connectivity index (χ0) is 6.53. The van der Waals surface area contributed by atoms with Gasteiger partial charge in [0.25, 0.3) is 0 Å². The highest BCUT2D eigenvalue weighted by molar-refractivity contribution is 7.08. The molecule has 0 N–H and O–H groups in total. The Balaban J connectivity index is 2.67. The van der Waals surface area contributed by atoms with Crippen LogP contribution in [0.3, 0.4) is 0 Å². The van der Waals surface area contributed by atoms with E-state index in [2.05, 4.69) is 24.1 Å². The molecule has 0 aliphatic carbocycles. The SMILES string of the molecule is CCC#Cc1ccsc1. The van der Waals surface area contributed by atoms with Crippen LogP contribution in [0.2, 0.25) is 0 Å². The molecule has 0 atom stereocenters. The van der Waals surface area contributed by atoms with Crippen LogP contribution in [0.15, 0.2) is 16.8 Å². The van der Waals surface area contributed by atoms with Gasteiger partial charge >= 0.3 is 0 Å². The third kappa shape index (κ3) is 1.91. The highest BCUT2D eigenvalue weighted by Gasteiger charge is 1.80. The average Bonchev–Trinajstić information content (AvgIpc) is 2.34. The summed E-state index contributed by atoms with van der Waals surface area (Å²) in [5, 5.41) is 4.10. The quantitative estimate of drug-likeness (QED) is 0.481. The first-order chi connectivity index (χ1) is 4.43. The Hall–Kier alpha value is -0.740. The molecule has 1 heterocycles. The molecule has 0 saturated carbocycles. The summed E-state index contributed by atoms with van der Waals surface area (Å²) in [6.45, 7) is 2.05. The van der Waals surface area contributed by atoms with E-state index in [-0.39, 0.29) is 0 Å². The molecule has 0 radical (unpaired) electrons. The van der Waals surface area contributed by atoms with Crippen molar-refractivity contribution in [1.29, 1.82) is 0 Å². The number of rotatable bonds is 0. The molecule has 1 aromatic heterocycles. The molecular formula is C8H8S. The molecule has 0 aromatic carbocycles. The van der Waals surface area contributed by atoms with Crippen molar-refractivity contribution in [2.45, 2.75) is 13.3 Å². The third-order valence-corrected chi connectivity index (χ3v) is 1.61. The predicted octanol–water partition coefficient (Wildman–Crippen LogP) is 2.51. The van der Waals surface area contributed by atoms with Gasteiger partial charge < -0.3 is 0 Å². The van der Waals surface area contributed by atoms with Crippen molar-refractivity contribution in [1.82, 2.24) is 0 Å². The first kappa shape index (κ1) is 6.38. The topological polar surface area (TPSA) is 0 Å². The fourth-order valence-electron chi connectivity index (χ4n) is 0.526. The molecule has 0 amide bonds. The summed E-state index contributed by atoms with van der Waals surface area (Å²) < 4.78 is 0. The van der Waals surface area contributed by atoms with Crippen LogP contribution in [0.5, 0.6) is 0 Å². The molecule has 0 aliphatic rings. The summed E-state index contributed by atoms with van der Waals surface area (Å²) in [5.41, 5.74) is 1.14. The van der Waals surface area contributed by atoms with Crippen molar-refractivity contribution in [2.75, 3.05) is 0 Å². The Labute approximate surface area is 59.5 Å². The van der Waals surface area contributed by atoms with E-state index >= 15 is 0 Å². The summed E-state index contributed by atoms with van der Waals surface area (Å²) in [5.74, 6) is 6.04. The van der Waals surface area contributed by atoms with Gasteiger partial charge in [0.15, 0.2) is 0 Å². The van der Waals surface area contributed by atoms with Crippen molar-refractivity contribution in [3.63, 3.8) is 0 Å². The van der Waals surface area contributed by atoms with Gasteiger partial charge in [0.05, 0.1) is 0 Å². The Morgan fingerprint density at radius 2 is 2.56 bits per heavy atom. The number of hydrogen-bond donors (Lipinski definition) is 0. The summed E-state index contributed by atoms with van der Waals surface area (Å²) in [7, 11) is 0. The summed E-state index contributed by atoms with van der Waals surface area (Å²) in [6, 6.07) is 2.04. The van der Waals surface area contributed by atoms with Crippen molar-refractivity contribution in [3.8, 4) is 11.8 Å². The second-order valence-electron chi connectivity index (χ2n) is 1.67. The first-order valence-corrected chi connectivity index (χ1v) is 3.89. The van der Waals surface area contributed by atoms with E-state index in [1.54, 1.807) is 11.3 Å². The van der Waals surface area contributed by atoms with Crippen LogP contribution in [0.4, 0.5) is 0 Å². The predicted molar refractivity (Wildman–Crippen MR) is 41.5 cm³/mol. The van der Waals surface area contributed by atoms with E-state index < -0.39 is 0 Å². The molecule has 1 aromatic rings. The third-order valence-electron chi connectivity index (χ3n) is 0.931. The minimum absolute atomic E-state index is 0.940. The monoisotopic (exact) mass is 136 g/mol. The molecule has 0 bridgehead atoms. The van der Waals surface area contributed by atoms with Crippen LogP contribution < -0.4 is 0 Å². The van der Waals surface area contributed by atoms with E-state index in [4.69, 9.17) is 0 Å². The molecule has 1 rings (SSSR count). The van der Waals surface area contributed by atoms with E-state index in [1.165, 1.54) is 0 Å². The lowest BCUT2D eigenvalue weighted by atomic mass is 10.3. The second-order valence-corrected chi connectivity index (χ2v) is 2.45. The Morgan fingerprint density at radius 1 is 1.67 bits per heavy atom. The van der Waals surface area contributed by atoms with Crippen molar-refractivity contribution in [2.24, 2.45) is 0 Å². The van der Waals surface area contributed by atoms with E-state index in [0.717, 1.165) is 12.0 Å². The van der Waals surface area contributed by atoms with E-state index in [0.29, 0.717) is 0 Å². The first-order valence-electron chi connectivity index (χ1n) is 2.94.